The van der Waals surface area contributed by atoms with Crippen LogP contribution in [0.3, 0.4) is 0 Å². The van der Waals surface area contributed by atoms with E-state index >= 15 is 8.78 Å². The maximum atomic E-state index is 15.7. The monoisotopic (exact) mass is 818 g/mol. The van der Waals surface area contributed by atoms with Crippen molar-refractivity contribution in [2.45, 2.75) is 57.5 Å². The zero-order chi connectivity index (χ0) is 42.0. The van der Waals surface area contributed by atoms with Gasteiger partial charge < -0.3 is 14.8 Å². The van der Waals surface area contributed by atoms with Crippen LogP contribution in [-0.2, 0) is 38.0 Å². The number of aromatic nitrogens is 6. The minimum Gasteiger partial charge on any atom is -0.348 e. The van der Waals surface area contributed by atoms with E-state index in [1.165, 1.54) is 50.0 Å². The Balaban J connectivity index is 1.22. The second kappa shape index (κ2) is 14.7. The number of fused-ring (bicyclic) bond motifs is 2. The molecule has 2 aromatic carbocycles. The fraction of sp³-hybridized carbons (Fsp3) is 0.378. The molecule has 0 saturated carbocycles. The Kier molecular flexibility index (Phi) is 10.1. The van der Waals surface area contributed by atoms with Crippen molar-refractivity contribution in [2.24, 2.45) is 25.1 Å². The first-order valence-electron chi connectivity index (χ1n) is 17.8. The van der Waals surface area contributed by atoms with Crippen LogP contribution in [0, 0.1) is 23.4 Å². The van der Waals surface area contributed by atoms with Gasteiger partial charge in [-0.25, -0.2) is 22.9 Å². The summed E-state index contributed by atoms with van der Waals surface area (Å²) >= 11 is 0. The number of rotatable bonds is 10. The second-order valence-electron chi connectivity index (χ2n) is 14.8. The number of hydrogen-bond acceptors (Lipinski definition) is 8. The third-order valence-corrected chi connectivity index (χ3v) is 10.1. The van der Waals surface area contributed by atoms with E-state index in [1.807, 2.05) is 0 Å². The molecule has 2 amide bonds. The average molecular weight is 819 g/mol. The molecule has 306 valence electrons. The molecule has 5 heterocycles. The lowest BCUT2D eigenvalue weighted by molar-refractivity contribution is -0.141. The minimum absolute atomic E-state index is 0.0305. The van der Waals surface area contributed by atoms with Crippen LogP contribution in [0.2, 0.25) is 0 Å². The Hall–Kier alpha value is -6.15. The van der Waals surface area contributed by atoms with Crippen LogP contribution in [0.5, 0.6) is 0 Å². The van der Waals surface area contributed by atoms with Gasteiger partial charge in [0.15, 0.2) is 11.5 Å². The number of benzene rings is 2. The van der Waals surface area contributed by atoms with Crippen molar-refractivity contribution in [1.82, 2.24) is 44.6 Å². The van der Waals surface area contributed by atoms with Crippen molar-refractivity contribution in [3.8, 4) is 22.4 Å². The molecule has 2 aliphatic rings. The Bertz CT molecular complexity index is 2520. The van der Waals surface area contributed by atoms with Gasteiger partial charge in [0.2, 0.25) is 5.91 Å². The molecule has 3 aromatic heterocycles. The Morgan fingerprint density at radius 1 is 0.983 bits per heavy atom. The highest BCUT2D eigenvalue weighted by Gasteiger charge is 2.41. The van der Waals surface area contributed by atoms with Crippen LogP contribution in [-0.4, -0.2) is 88.5 Å². The first-order valence-corrected chi connectivity index (χ1v) is 17.8. The van der Waals surface area contributed by atoms with Crippen LogP contribution >= 0.6 is 0 Å². The van der Waals surface area contributed by atoms with Gasteiger partial charge in [0.25, 0.3) is 11.5 Å². The fourth-order valence-electron chi connectivity index (χ4n) is 7.39. The number of hydrogen-bond donors (Lipinski definition) is 1. The largest absolute Gasteiger partial charge is 0.435 e. The number of pyridine rings is 1. The summed E-state index contributed by atoms with van der Waals surface area (Å²) < 4.78 is 118. The smallest absolute Gasteiger partial charge is 0.348 e. The summed E-state index contributed by atoms with van der Waals surface area (Å²) in [6, 6.07) is 4.93. The van der Waals surface area contributed by atoms with Crippen molar-refractivity contribution in [3.05, 3.63) is 87.2 Å². The Morgan fingerprint density at radius 3 is 2.40 bits per heavy atom. The van der Waals surface area contributed by atoms with E-state index in [0.29, 0.717) is 22.1 Å². The topological polar surface area (TPSA) is 136 Å². The van der Waals surface area contributed by atoms with Crippen molar-refractivity contribution >= 4 is 29.1 Å². The van der Waals surface area contributed by atoms with Crippen molar-refractivity contribution in [1.29, 1.82) is 0 Å². The van der Waals surface area contributed by atoms with E-state index < -0.39 is 82.9 Å². The van der Waals surface area contributed by atoms with Gasteiger partial charge in [0.05, 0.1) is 28.9 Å². The van der Waals surface area contributed by atoms with Crippen molar-refractivity contribution in [3.63, 3.8) is 0 Å². The van der Waals surface area contributed by atoms with Crippen LogP contribution in [0.4, 0.5) is 35.1 Å². The lowest BCUT2D eigenvalue weighted by Gasteiger charge is -2.38. The summed E-state index contributed by atoms with van der Waals surface area (Å²) in [6.07, 6.45) is -2.93. The molecule has 0 fully saturated rings. The molecule has 58 heavy (non-hydrogen) atoms. The van der Waals surface area contributed by atoms with E-state index in [4.69, 9.17) is 0 Å². The summed E-state index contributed by atoms with van der Waals surface area (Å²) in [5.41, 5.74) is -3.48. The van der Waals surface area contributed by atoms with Gasteiger partial charge in [-0.1, -0.05) is 11.3 Å². The predicted molar refractivity (Wildman–Crippen MR) is 192 cm³/mol. The number of carbonyl (C=O) groups is 2. The SMILES string of the molecule is Cn1cc(-c2cc(C(F)(F)F)nn2CC(C)(C)NC(=O)[C@@H](CC2C=NN(C(F)F)C2)N2CCc3c(-c4cc5nnn(C)c5cc4F)ccc(F)c3C2=O)cc(F)c1=O. The number of nitrogens with one attached hydrogen (secondary N) is 1. The van der Waals surface area contributed by atoms with Gasteiger partial charge in [-0.15, -0.1) is 5.10 Å². The highest BCUT2D eigenvalue weighted by molar-refractivity contribution is 6.02. The van der Waals surface area contributed by atoms with Crippen LogP contribution in [0.25, 0.3) is 33.4 Å². The predicted octanol–water partition coefficient (Wildman–Crippen LogP) is 5.13. The maximum absolute atomic E-state index is 15.7. The molecule has 13 nitrogen and oxygen atoms in total. The highest BCUT2D eigenvalue weighted by Crippen LogP contribution is 2.37. The van der Waals surface area contributed by atoms with Crippen LogP contribution < -0.4 is 10.9 Å². The zero-order valence-electron chi connectivity index (χ0n) is 31.2. The third kappa shape index (κ3) is 7.51. The molecule has 2 aliphatic heterocycles. The summed E-state index contributed by atoms with van der Waals surface area (Å²) in [5.74, 6) is -5.47. The molecular formula is C37H34F8N10O3. The van der Waals surface area contributed by atoms with E-state index in [0.717, 1.165) is 32.5 Å². The quantitative estimate of drug-likeness (QED) is 0.153. The van der Waals surface area contributed by atoms with Gasteiger partial charge in [-0.05, 0) is 62.1 Å². The lowest BCUT2D eigenvalue weighted by Crippen LogP contribution is -2.58. The average Bonchev–Trinajstić information content (AvgIpc) is 3.88. The van der Waals surface area contributed by atoms with E-state index in [2.05, 4.69) is 25.8 Å². The van der Waals surface area contributed by atoms with E-state index in [9.17, 15) is 40.7 Å². The molecular weight excluding hydrogens is 784 g/mol. The first kappa shape index (κ1) is 40.1. The Morgan fingerprint density at radius 2 is 1.72 bits per heavy atom. The van der Waals surface area contributed by atoms with Crippen LogP contribution in [0.15, 0.2) is 52.5 Å². The number of hydrazone groups is 1. The van der Waals surface area contributed by atoms with Gasteiger partial charge in [0, 0.05) is 62.7 Å². The molecule has 21 heteroatoms. The van der Waals surface area contributed by atoms with Crippen molar-refractivity contribution < 1.29 is 44.7 Å². The van der Waals surface area contributed by atoms with Crippen LogP contribution in [0.1, 0.15) is 41.9 Å². The summed E-state index contributed by atoms with van der Waals surface area (Å²) in [4.78, 5) is 41.7. The molecule has 1 unspecified atom stereocenters. The molecule has 1 N–H and O–H groups in total. The molecule has 0 aliphatic carbocycles. The number of halogens is 8. The normalized spacial score (nSPS) is 16.5. The first-order chi connectivity index (χ1) is 27.2. The van der Waals surface area contributed by atoms with Gasteiger partial charge in [-0.3, -0.25) is 19.1 Å². The molecule has 0 radical (unpaired) electrons. The Labute approximate surface area is 323 Å². The van der Waals surface area contributed by atoms with E-state index in [-0.39, 0.29) is 53.9 Å². The number of amides is 2. The standard InChI is InChI=1S/C37H34F8N10O3/c1-36(2,17-55-27(13-30(49-55)37(43,44)45)19-10-25(40)33(57)51(3)16-19)47-32(56)29(9-18-14-46-54(15-18)35(41)42)53-8-7-21-20(5-6-23(38)31(21)34(53)58)22-11-26-28(12-24(22)39)52(4)50-48-26/h5-6,10-14,16,18,29,35H,7-9,15,17H2,1-4H3,(H,47,56)/t18?,29-/m1/s1. The highest BCUT2D eigenvalue weighted by atomic mass is 19.4. The lowest BCUT2D eigenvalue weighted by atomic mass is 9.87. The van der Waals surface area contributed by atoms with E-state index in [1.54, 1.807) is 7.05 Å². The van der Waals surface area contributed by atoms with Gasteiger partial charge in [0.1, 0.15) is 23.2 Å². The van der Waals surface area contributed by atoms with Crippen molar-refractivity contribution in [2.75, 3.05) is 13.1 Å². The van der Waals surface area contributed by atoms with Gasteiger partial charge in [-0.2, -0.15) is 32.2 Å². The van der Waals surface area contributed by atoms with Gasteiger partial charge >= 0.3 is 12.7 Å². The summed E-state index contributed by atoms with van der Waals surface area (Å²) in [6.45, 7) is -1.05. The molecule has 0 spiro atoms. The number of aryl methyl sites for hydroxylation is 2. The third-order valence-electron chi connectivity index (χ3n) is 10.1. The fourth-order valence-corrected chi connectivity index (χ4v) is 7.39. The number of carbonyl (C=O) groups excluding carboxylic acids is 2. The molecule has 2 atom stereocenters. The molecule has 5 aromatic rings. The summed E-state index contributed by atoms with van der Waals surface area (Å²) in [7, 11) is 2.79. The maximum Gasteiger partial charge on any atom is 0.435 e. The molecule has 7 rings (SSSR count). The second-order valence-corrected chi connectivity index (χ2v) is 14.8. The number of nitrogens with zero attached hydrogens (tertiary/aromatic N) is 9. The molecule has 0 bridgehead atoms. The zero-order valence-corrected chi connectivity index (χ0v) is 31.2. The minimum atomic E-state index is -4.93. The summed E-state index contributed by atoms with van der Waals surface area (Å²) in [5, 5.41) is 18.5. The number of alkyl halides is 5. The molecule has 0 saturated heterocycles.